The first-order valence-corrected chi connectivity index (χ1v) is 7.73. The second-order valence-corrected chi connectivity index (χ2v) is 5.99. The van der Waals surface area contributed by atoms with E-state index >= 15 is 0 Å². The van der Waals surface area contributed by atoms with Crippen molar-refractivity contribution in [1.82, 2.24) is 10.1 Å². The van der Waals surface area contributed by atoms with Crippen molar-refractivity contribution < 1.29 is 18.8 Å². The molecule has 2 atom stereocenters. The van der Waals surface area contributed by atoms with Crippen LogP contribution in [0.5, 0.6) is 0 Å². The molecule has 3 rings (SSSR count). The Balaban J connectivity index is 1.82. The van der Waals surface area contributed by atoms with Crippen LogP contribution in [-0.2, 0) is 9.53 Å². The Bertz CT molecular complexity index is 759. The van der Waals surface area contributed by atoms with E-state index in [4.69, 9.17) is 26.6 Å². The van der Waals surface area contributed by atoms with E-state index in [-0.39, 0.29) is 18.3 Å². The number of halogens is 1. The normalized spacial score (nSPS) is 20.3. The number of ether oxygens (including phenoxy) is 1. The minimum atomic E-state index is -0.710. The number of carbonyl (C=O) groups is 2. The molecule has 24 heavy (non-hydrogen) atoms. The van der Waals surface area contributed by atoms with E-state index in [1.165, 1.54) is 18.1 Å². The molecule has 2 heterocycles. The fourth-order valence-electron chi connectivity index (χ4n) is 2.74. The van der Waals surface area contributed by atoms with Crippen LogP contribution >= 0.6 is 11.6 Å². The van der Waals surface area contributed by atoms with Gasteiger partial charge in [0.25, 0.3) is 5.91 Å². The molecule has 8 heteroatoms. The molecule has 0 aliphatic carbocycles. The quantitative estimate of drug-likeness (QED) is 0.905. The van der Waals surface area contributed by atoms with Gasteiger partial charge in [-0.25, -0.2) is 0 Å². The van der Waals surface area contributed by atoms with Gasteiger partial charge in [-0.15, -0.1) is 0 Å². The monoisotopic (exact) mass is 349 g/mol. The highest BCUT2D eigenvalue weighted by atomic mass is 35.5. The van der Waals surface area contributed by atoms with E-state index < -0.39 is 17.9 Å². The molecule has 2 aromatic rings. The first-order chi connectivity index (χ1) is 11.5. The van der Waals surface area contributed by atoms with Gasteiger partial charge >= 0.3 is 0 Å². The number of nitrogens with zero attached hydrogens (tertiary/aromatic N) is 2. The largest absolute Gasteiger partial charge is 0.380 e. The molecule has 1 saturated heterocycles. The summed E-state index contributed by atoms with van der Waals surface area (Å²) in [6.07, 6.45) is 0.147. The lowest BCUT2D eigenvalue weighted by molar-refractivity contribution is -0.121. The Kier molecular flexibility index (Phi) is 4.55. The number of primary amides is 1. The summed E-state index contributed by atoms with van der Waals surface area (Å²) in [5, 5.41) is 4.41. The number of aromatic nitrogens is 1. The van der Waals surface area contributed by atoms with E-state index in [1.54, 1.807) is 24.3 Å². The zero-order valence-corrected chi connectivity index (χ0v) is 13.7. The van der Waals surface area contributed by atoms with Crippen LogP contribution in [0.25, 0.3) is 11.3 Å². The van der Waals surface area contributed by atoms with Gasteiger partial charge in [0.1, 0.15) is 6.04 Å². The molecule has 0 saturated carbocycles. The molecule has 1 aliphatic heterocycles. The smallest absolute Gasteiger partial charge is 0.276 e. The summed E-state index contributed by atoms with van der Waals surface area (Å²) in [4.78, 5) is 25.6. The third-order valence-electron chi connectivity index (χ3n) is 4.04. The Hall–Kier alpha value is -2.38. The standard InChI is InChI=1S/C16H16ClN3O4/c1-23-11-6-13(15(18)21)20(8-11)16(22)12-7-14(24-19-12)9-2-4-10(17)5-3-9/h2-5,7,11,13H,6,8H2,1H3,(H2,18,21)/t11-,13-/m0/s1. The van der Waals surface area contributed by atoms with Crippen LogP contribution < -0.4 is 5.73 Å². The number of amides is 2. The average molecular weight is 350 g/mol. The lowest BCUT2D eigenvalue weighted by atomic mass is 10.1. The van der Waals surface area contributed by atoms with Crippen molar-refractivity contribution in [2.75, 3.05) is 13.7 Å². The second-order valence-electron chi connectivity index (χ2n) is 5.55. The summed E-state index contributed by atoms with van der Waals surface area (Å²) in [5.74, 6) is -0.542. The van der Waals surface area contributed by atoms with Crippen molar-refractivity contribution in [2.45, 2.75) is 18.6 Å². The first kappa shape index (κ1) is 16.5. The topological polar surface area (TPSA) is 98.7 Å². The molecule has 1 aliphatic rings. The van der Waals surface area contributed by atoms with Crippen LogP contribution in [0, 0.1) is 0 Å². The van der Waals surface area contributed by atoms with Gasteiger partial charge in [-0.1, -0.05) is 16.8 Å². The van der Waals surface area contributed by atoms with Crippen LogP contribution in [0.4, 0.5) is 0 Å². The number of hydrogen-bond acceptors (Lipinski definition) is 5. The van der Waals surface area contributed by atoms with E-state index in [0.717, 1.165) is 5.56 Å². The van der Waals surface area contributed by atoms with Gasteiger partial charge in [-0.3, -0.25) is 9.59 Å². The van der Waals surface area contributed by atoms with Crippen LogP contribution in [-0.4, -0.2) is 47.7 Å². The highest BCUT2D eigenvalue weighted by molar-refractivity contribution is 6.30. The predicted molar refractivity (Wildman–Crippen MR) is 86.4 cm³/mol. The Labute approximate surface area is 143 Å². The second kappa shape index (κ2) is 6.62. The number of nitrogens with two attached hydrogens (primary N) is 1. The molecule has 0 spiro atoms. The van der Waals surface area contributed by atoms with Crippen molar-refractivity contribution in [3.8, 4) is 11.3 Å². The number of benzene rings is 1. The summed E-state index contributed by atoms with van der Waals surface area (Å²) >= 11 is 5.85. The average Bonchev–Trinajstić information content (AvgIpc) is 3.22. The molecule has 0 unspecified atom stereocenters. The van der Waals surface area contributed by atoms with Crippen LogP contribution in [0.15, 0.2) is 34.9 Å². The first-order valence-electron chi connectivity index (χ1n) is 7.35. The Morgan fingerprint density at radius 3 is 2.71 bits per heavy atom. The van der Waals surface area contributed by atoms with Gasteiger partial charge < -0.3 is 19.9 Å². The predicted octanol–water partition coefficient (Wildman–Crippen LogP) is 1.71. The van der Waals surface area contributed by atoms with Gasteiger partial charge in [0, 0.05) is 36.7 Å². The van der Waals surface area contributed by atoms with Crippen molar-refractivity contribution in [1.29, 1.82) is 0 Å². The lowest BCUT2D eigenvalue weighted by Gasteiger charge is -2.20. The van der Waals surface area contributed by atoms with E-state index in [0.29, 0.717) is 17.2 Å². The lowest BCUT2D eigenvalue weighted by Crippen LogP contribution is -2.43. The van der Waals surface area contributed by atoms with Crippen LogP contribution in [0.3, 0.4) is 0 Å². The molecule has 1 aromatic carbocycles. The molecule has 1 fully saturated rings. The number of methoxy groups -OCH3 is 1. The number of hydrogen-bond donors (Lipinski definition) is 1. The highest BCUT2D eigenvalue weighted by Gasteiger charge is 2.40. The molecule has 0 radical (unpaired) electrons. The molecule has 1 aromatic heterocycles. The summed E-state index contributed by atoms with van der Waals surface area (Å²) in [6, 6.07) is 7.78. The van der Waals surface area contributed by atoms with Gasteiger partial charge in [0.05, 0.1) is 6.10 Å². The van der Waals surface area contributed by atoms with E-state index in [2.05, 4.69) is 5.16 Å². The Morgan fingerprint density at radius 2 is 2.08 bits per heavy atom. The van der Waals surface area contributed by atoms with Crippen LogP contribution in [0.2, 0.25) is 5.02 Å². The fourth-order valence-corrected chi connectivity index (χ4v) is 2.86. The molecule has 2 N–H and O–H groups in total. The maximum Gasteiger partial charge on any atom is 0.276 e. The summed E-state index contributed by atoms with van der Waals surface area (Å²) in [5.41, 5.74) is 6.24. The van der Waals surface area contributed by atoms with E-state index in [9.17, 15) is 9.59 Å². The molecule has 0 bridgehead atoms. The van der Waals surface area contributed by atoms with Crippen molar-refractivity contribution in [2.24, 2.45) is 5.73 Å². The van der Waals surface area contributed by atoms with Gasteiger partial charge in [0.15, 0.2) is 11.5 Å². The SMILES string of the molecule is CO[C@H]1C[C@@H](C(N)=O)N(C(=O)c2cc(-c3ccc(Cl)cc3)on2)C1. The molecule has 2 amide bonds. The van der Waals surface area contributed by atoms with Crippen molar-refractivity contribution in [3.05, 3.63) is 41.0 Å². The van der Waals surface area contributed by atoms with Gasteiger partial charge in [-0.05, 0) is 24.3 Å². The molecular weight excluding hydrogens is 334 g/mol. The summed E-state index contributed by atoms with van der Waals surface area (Å²) < 4.78 is 10.5. The minimum Gasteiger partial charge on any atom is -0.380 e. The van der Waals surface area contributed by atoms with E-state index in [1.807, 2.05) is 0 Å². The van der Waals surface area contributed by atoms with Gasteiger partial charge in [0.2, 0.25) is 5.91 Å². The number of likely N-dealkylation sites (tertiary alicyclic amines) is 1. The maximum atomic E-state index is 12.6. The number of rotatable bonds is 4. The van der Waals surface area contributed by atoms with Crippen molar-refractivity contribution in [3.63, 3.8) is 0 Å². The van der Waals surface area contributed by atoms with Crippen LogP contribution in [0.1, 0.15) is 16.9 Å². The third-order valence-corrected chi connectivity index (χ3v) is 4.30. The Morgan fingerprint density at radius 1 is 1.38 bits per heavy atom. The maximum absolute atomic E-state index is 12.6. The zero-order valence-electron chi connectivity index (χ0n) is 12.9. The summed E-state index contributed by atoms with van der Waals surface area (Å²) in [7, 11) is 1.53. The number of carbonyl (C=O) groups excluding carboxylic acids is 2. The highest BCUT2D eigenvalue weighted by Crippen LogP contribution is 2.25. The molecule has 126 valence electrons. The fraction of sp³-hybridized carbons (Fsp3) is 0.312. The minimum absolute atomic E-state index is 0.114. The molecular formula is C16H16ClN3O4. The van der Waals surface area contributed by atoms with Crippen molar-refractivity contribution >= 4 is 23.4 Å². The van der Waals surface area contributed by atoms with Gasteiger partial charge in [-0.2, -0.15) is 0 Å². The zero-order chi connectivity index (χ0) is 17.3. The molecule has 7 nitrogen and oxygen atoms in total. The third kappa shape index (κ3) is 3.13. The summed E-state index contributed by atoms with van der Waals surface area (Å²) in [6.45, 7) is 0.284.